The topological polar surface area (TPSA) is 20.3 Å². The average molecular weight is 214 g/mol. The zero-order valence-corrected chi connectivity index (χ0v) is 9.03. The molecule has 13 heavy (non-hydrogen) atoms. The van der Waals surface area contributed by atoms with Crippen molar-refractivity contribution in [3.8, 4) is 0 Å². The molecule has 0 fully saturated rings. The maximum atomic E-state index is 12.4. The Hall–Kier alpha value is -0.666. The number of rotatable bonds is 1. The fraction of sp³-hybridized carbons (Fsp3) is 0.222. The molecule has 0 radical (unpaired) electrons. The van der Waals surface area contributed by atoms with Gasteiger partial charge in [-0.25, -0.2) is 4.39 Å². The summed E-state index contributed by atoms with van der Waals surface area (Å²) in [5.41, 5.74) is 0.643. The van der Waals surface area contributed by atoms with Gasteiger partial charge in [0.05, 0.1) is 0 Å². The quantitative estimate of drug-likeness (QED) is 0.513. The molecule has 1 aromatic rings. The van der Waals surface area contributed by atoms with Crippen LogP contribution in [0.15, 0.2) is 18.2 Å². The smallest absolute Gasteiger partial charge is 0.212 e. The summed E-state index contributed by atoms with van der Waals surface area (Å²) in [7, 11) is 1.63. The van der Waals surface area contributed by atoms with Crippen LogP contribution >= 0.6 is 0 Å². The summed E-state index contributed by atoms with van der Waals surface area (Å²) in [5, 5.41) is 0. The molecule has 0 N–H and O–H groups in total. The minimum atomic E-state index is -0.421. The van der Waals surface area contributed by atoms with Gasteiger partial charge in [-0.3, -0.25) is 4.79 Å². The zero-order chi connectivity index (χ0) is 9.14. The van der Waals surface area contributed by atoms with Crippen molar-refractivity contribution in [1.29, 1.82) is 0 Å². The molecule has 0 aliphatic carbocycles. The standard InChI is InChI=1S/C9H9FNO.Ti/c1-7(12)11(2)9-5-3-8(10)4-6-9;/h3,5-6H,1-2H3;/q-1;. The predicted molar refractivity (Wildman–Crippen MR) is 44.3 cm³/mol. The summed E-state index contributed by atoms with van der Waals surface area (Å²) in [6.07, 6.45) is 0. The molecule has 0 heterocycles. The number of benzene rings is 1. The first-order chi connectivity index (χ1) is 5.61. The number of halogens is 1. The van der Waals surface area contributed by atoms with Gasteiger partial charge in [0.1, 0.15) is 0 Å². The molecule has 2 nitrogen and oxygen atoms in total. The molecule has 0 spiro atoms. The molecular weight excluding hydrogens is 205 g/mol. The second kappa shape index (κ2) is 5.15. The van der Waals surface area contributed by atoms with Crippen molar-refractivity contribution in [2.75, 3.05) is 11.9 Å². The number of nitrogens with zero attached hydrogens (tertiary/aromatic N) is 1. The van der Waals surface area contributed by atoms with Crippen LogP contribution in [0.5, 0.6) is 0 Å². The third-order valence-electron chi connectivity index (χ3n) is 1.62. The second-order valence-electron chi connectivity index (χ2n) is 2.47. The maximum absolute atomic E-state index is 12.4. The molecule has 0 aliphatic rings. The van der Waals surface area contributed by atoms with Crippen molar-refractivity contribution in [3.63, 3.8) is 0 Å². The van der Waals surface area contributed by atoms with Crippen LogP contribution in [0.3, 0.4) is 0 Å². The molecule has 68 valence electrons. The summed E-state index contributed by atoms with van der Waals surface area (Å²) in [4.78, 5) is 12.3. The number of amides is 1. The molecule has 1 aromatic carbocycles. The Morgan fingerprint density at radius 1 is 1.54 bits per heavy atom. The first kappa shape index (κ1) is 12.3. The number of carbonyl (C=O) groups is 1. The summed E-state index contributed by atoms with van der Waals surface area (Å²) >= 11 is 0. The Bertz CT molecular complexity index is 286. The van der Waals surface area contributed by atoms with E-state index >= 15 is 0 Å². The Kier molecular flexibility index (Phi) is 4.88. The van der Waals surface area contributed by atoms with E-state index in [1.807, 2.05) is 0 Å². The van der Waals surface area contributed by atoms with Gasteiger partial charge in [0.15, 0.2) is 0 Å². The van der Waals surface area contributed by atoms with Gasteiger partial charge in [-0.1, -0.05) is 5.69 Å². The fourth-order valence-corrected chi connectivity index (χ4v) is 0.788. The minimum Gasteiger partial charge on any atom is -0.369 e. The van der Waals surface area contributed by atoms with Crippen LogP contribution in [0.25, 0.3) is 0 Å². The number of anilines is 1. The normalized spacial score (nSPS) is 8.85. The SMILES string of the molecule is CC(=O)N(C)c1c[c-]c(F)cc1.[Ti]. The largest absolute Gasteiger partial charge is 0.369 e. The van der Waals surface area contributed by atoms with E-state index < -0.39 is 5.82 Å². The predicted octanol–water partition coefficient (Wildman–Crippen LogP) is 1.61. The molecule has 4 heteroatoms. The minimum absolute atomic E-state index is 0. The van der Waals surface area contributed by atoms with Gasteiger partial charge in [0.2, 0.25) is 5.91 Å². The van der Waals surface area contributed by atoms with E-state index in [1.165, 1.54) is 30.0 Å². The van der Waals surface area contributed by atoms with Crippen molar-refractivity contribution in [3.05, 3.63) is 30.1 Å². The van der Waals surface area contributed by atoms with Gasteiger partial charge in [0.25, 0.3) is 0 Å². The van der Waals surface area contributed by atoms with Crippen LogP contribution in [0.2, 0.25) is 0 Å². The summed E-state index contributed by atoms with van der Waals surface area (Å²) < 4.78 is 12.4. The summed E-state index contributed by atoms with van der Waals surface area (Å²) in [6, 6.07) is 6.62. The van der Waals surface area contributed by atoms with Gasteiger partial charge >= 0.3 is 0 Å². The van der Waals surface area contributed by atoms with Crippen molar-refractivity contribution < 1.29 is 30.9 Å². The van der Waals surface area contributed by atoms with E-state index in [9.17, 15) is 9.18 Å². The third kappa shape index (κ3) is 3.29. The third-order valence-corrected chi connectivity index (χ3v) is 1.62. The summed E-state index contributed by atoms with van der Waals surface area (Å²) in [5.74, 6) is -0.509. The Labute approximate surface area is 91.6 Å². The first-order valence-corrected chi connectivity index (χ1v) is 3.53. The van der Waals surface area contributed by atoms with Crippen molar-refractivity contribution >= 4 is 11.6 Å². The van der Waals surface area contributed by atoms with E-state index in [4.69, 9.17) is 0 Å². The van der Waals surface area contributed by atoms with Crippen LogP contribution in [0.1, 0.15) is 6.92 Å². The second-order valence-corrected chi connectivity index (χ2v) is 2.47. The molecule has 0 aromatic heterocycles. The molecule has 0 unspecified atom stereocenters. The van der Waals surface area contributed by atoms with Crippen molar-refractivity contribution in [2.45, 2.75) is 6.92 Å². The van der Waals surface area contributed by atoms with E-state index in [2.05, 4.69) is 6.07 Å². The maximum Gasteiger partial charge on any atom is 0.212 e. The van der Waals surface area contributed by atoms with Crippen LogP contribution in [0, 0.1) is 11.9 Å². The monoisotopic (exact) mass is 214 g/mol. The molecule has 0 atom stereocenters. The molecule has 0 saturated heterocycles. The average Bonchev–Trinajstić information content (AvgIpc) is 2.04. The zero-order valence-electron chi connectivity index (χ0n) is 7.47. The number of hydrogen-bond acceptors (Lipinski definition) is 1. The van der Waals surface area contributed by atoms with Crippen molar-refractivity contribution in [2.24, 2.45) is 0 Å². The molecule has 1 rings (SSSR count). The van der Waals surface area contributed by atoms with Gasteiger partial charge in [-0.05, 0) is 0 Å². The van der Waals surface area contributed by atoms with E-state index in [1.54, 1.807) is 7.05 Å². The molecule has 1 amide bonds. The van der Waals surface area contributed by atoms with E-state index in [-0.39, 0.29) is 27.6 Å². The van der Waals surface area contributed by atoms with Gasteiger partial charge in [-0.2, -0.15) is 6.07 Å². The first-order valence-electron chi connectivity index (χ1n) is 3.53. The van der Waals surface area contributed by atoms with Gasteiger partial charge < -0.3 is 4.90 Å². The van der Waals surface area contributed by atoms with E-state index in [0.29, 0.717) is 5.69 Å². The Morgan fingerprint density at radius 3 is 2.54 bits per heavy atom. The van der Waals surface area contributed by atoms with E-state index in [0.717, 1.165) is 0 Å². The number of carbonyl (C=O) groups excluding carboxylic acids is 1. The van der Waals surface area contributed by atoms with Crippen LogP contribution in [-0.2, 0) is 26.5 Å². The summed E-state index contributed by atoms with van der Waals surface area (Å²) in [6.45, 7) is 1.45. The van der Waals surface area contributed by atoms with Crippen LogP contribution in [0.4, 0.5) is 10.1 Å². The molecule has 0 aliphatic heterocycles. The fourth-order valence-electron chi connectivity index (χ4n) is 0.788. The van der Waals surface area contributed by atoms with Gasteiger partial charge in [-0.15, -0.1) is 18.2 Å². The number of hydrogen-bond donors (Lipinski definition) is 0. The molecular formula is C9H9FNOTi-. The van der Waals surface area contributed by atoms with Crippen LogP contribution < -0.4 is 4.90 Å². The Balaban J connectivity index is 0.00000144. The molecule has 0 bridgehead atoms. The van der Waals surface area contributed by atoms with Crippen molar-refractivity contribution in [1.82, 2.24) is 0 Å². The van der Waals surface area contributed by atoms with Gasteiger partial charge in [0, 0.05) is 41.5 Å². The van der Waals surface area contributed by atoms with Crippen LogP contribution in [-0.4, -0.2) is 13.0 Å². The Morgan fingerprint density at radius 2 is 2.15 bits per heavy atom. The molecule has 0 saturated carbocycles.